The van der Waals surface area contributed by atoms with Crippen LogP contribution in [0.25, 0.3) is 0 Å². The Labute approximate surface area is 148 Å². The summed E-state index contributed by atoms with van der Waals surface area (Å²) in [4.78, 5) is 30.4. The maximum atomic E-state index is 12.6. The standard InChI is InChI=1S/C18H27N3O2S/c1-11(22)21-7-5-14(6-8-21)18(2)16(23)20-17(24-18)19-15-10-12-3-4-13(15)9-12/h12-15H,3-10H2,1-2H3,(H,19,20,23)/t12-,13-,15-,18?/m0/s1. The minimum atomic E-state index is -0.456. The largest absolute Gasteiger partial charge is 0.361 e. The van der Waals surface area contributed by atoms with Gasteiger partial charge < -0.3 is 10.2 Å². The monoisotopic (exact) mass is 349 g/mol. The highest BCUT2D eigenvalue weighted by molar-refractivity contribution is 8.16. The van der Waals surface area contributed by atoms with E-state index < -0.39 is 4.75 Å². The molecule has 2 aliphatic heterocycles. The highest BCUT2D eigenvalue weighted by Crippen LogP contribution is 2.47. The van der Waals surface area contributed by atoms with Crippen LogP contribution in [0.5, 0.6) is 0 Å². The molecule has 5 nitrogen and oxygen atoms in total. The number of amidine groups is 1. The molecule has 0 spiro atoms. The summed E-state index contributed by atoms with van der Waals surface area (Å²) < 4.78 is -0.456. The number of rotatable bonds is 2. The SMILES string of the molecule is CC(=O)N1CCC(C2(C)SC(N[C@H]3C[C@H]4CC[C@H]3C4)=NC2=O)CC1. The van der Waals surface area contributed by atoms with Crippen molar-refractivity contribution in [3.05, 3.63) is 0 Å². The molecule has 4 aliphatic rings. The molecule has 2 heterocycles. The first-order valence-electron chi connectivity index (χ1n) is 9.30. The van der Waals surface area contributed by atoms with Crippen LogP contribution in [0, 0.1) is 17.8 Å². The van der Waals surface area contributed by atoms with Crippen molar-refractivity contribution in [1.29, 1.82) is 0 Å². The fourth-order valence-electron chi connectivity index (χ4n) is 5.12. The summed E-state index contributed by atoms with van der Waals surface area (Å²) in [7, 11) is 0. The third-order valence-electron chi connectivity index (χ3n) is 6.70. The van der Waals surface area contributed by atoms with Gasteiger partial charge in [0.05, 0.1) is 0 Å². The van der Waals surface area contributed by atoms with Gasteiger partial charge in [0, 0.05) is 26.1 Å². The second-order valence-electron chi connectivity index (χ2n) is 8.14. The Kier molecular flexibility index (Phi) is 4.14. The smallest absolute Gasteiger partial charge is 0.264 e. The van der Waals surface area contributed by atoms with Crippen LogP contribution in [-0.2, 0) is 9.59 Å². The van der Waals surface area contributed by atoms with E-state index in [1.54, 1.807) is 18.7 Å². The van der Waals surface area contributed by atoms with Crippen molar-refractivity contribution < 1.29 is 9.59 Å². The minimum Gasteiger partial charge on any atom is -0.361 e. The summed E-state index contributed by atoms with van der Waals surface area (Å²) in [6, 6.07) is 0.518. The molecule has 2 amide bonds. The van der Waals surface area contributed by atoms with Crippen molar-refractivity contribution in [1.82, 2.24) is 10.2 Å². The van der Waals surface area contributed by atoms with E-state index in [9.17, 15) is 9.59 Å². The van der Waals surface area contributed by atoms with Gasteiger partial charge in [-0.3, -0.25) is 9.59 Å². The van der Waals surface area contributed by atoms with Gasteiger partial charge in [0.2, 0.25) is 5.91 Å². The van der Waals surface area contributed by atoms with Gasteiger partial charge in [-0.25, -0.2) is 0 Å². The van der Waals surface area contributed by atoms with Crippen molar-refractivity contribution in [3.63, 3.8) is 0 Å². The number of thioether (sulfide) groups is 1. The molecule has 1 unspecified atom stereocenters. The lowest BCUT2D eigenvalue weighted by atomic mass is 9.84. The van der Waals surface area contributed by atoms with Crippen LogP contribution in [0.4, 0.5) is 0 Å². The molecule has 0 aromatic rings. The number of nitrogens with zero attached hydrogens (tertiary/aromatic N) is 2. The first kappa shape index (κ1) is 16.4. The normalized spacial score (nSPS) is 39.4. The summed E-state index contributed by atoms with van der Waals surface area (Å²) in [6.45, 7) is 5.20. The second-order valence-corrected chi connectivity index (χ2v) is 9.58. The van der Waals surface area contributed by atoms with Crippen molar-refractivity contribution in [2.45, 2.75) is 63.2 Å². The maximum absolute atomic E-state index is 12.6. The molecular formula is C18H27N3O2S. The van der Waals surface area contributed by atoms with E-state index in [-0.39, 0.29) is 11.8 Å². The van der Waals surface area contributed by atoms with Gasteiger partial charge in [0.15, 0.2) is 5.17 Å². The van der Waals surface area contributed by atoms with Gasteiger partial charge in [-0.15, -0.1) is 0 Å². The Bertz CT molecular complexity index is 585. The highest BCUT2D eigenvalue weighted by Gasteiger charge is 2.49. The van der Waals surface area contributed by atoms with Crippen molar-refractivity contribution >= 4 is 28.7 Å². The Morgan fingerprint density at radius 2 is 2.00 bits per heavy atom. The Morgan fingerprint density at radius 3 is 2.58 bits per heavy atom. The number of carbonyl (C=O) groups excluding carboxylic acids is 2. The molecule has 0 radical (unpaired) electrons. The van der Waals surface area contributed by atoms with Crippen LogP contribution >= 0.6 is 11.8 Å². The number of nitrogens with one attached hydrogen (secondary N) is 1. The molecule has 132 valence electrons. The molecule has 0 aromatic carbocycles. The molecule has 24 heavy (non-hydrogen) atoms. The molecule has 4 rings (SSSR count). The first-order chi connectivity index (χ1) is 11.5. The summed E-state index contributed by atoms with van der Waals surface area (Å²) in [6.07, 6.45) is 7.09. The number of likely N-dealkylation sites (tertiary alicyclic amines) is 1. The second kappa shape index (κ2) is 6.04. The molecule has 2 bridgehead atoms. The van der Waals surface area contributed by atoms with Crippen LogP contribution in [-0.4, -0.2) is 45.8 Å². The molecule has 1 N–H and O–H groups in total. The lowest BCUT2D eigenvalue weighted by molar-refractivity contribution is -0.130. The number of hydrogen-bond donors (Lipinski definition) is 1. The van der Waals surface area contributed by atoms with Crippen molar-refractivity contribution in [2.24, 2.45) is 22.7 Å². The number of piperidine rings is 1. The molecule has 3 fully saturated rings. The minimum absolute atomic E-state index is 0.0134. The molecule has 1 saturated heterocycles. The van der Waals surface area contributed by atoms with Crippen molar-refractivity contribution in [3.8, 4) is 0 Å². The average molecular weight is 350 g/mol. The Morgan fingerprint density at radius 1 is 1.25 bits per heavy atom. The number of fused-ring (bicyclic) bond motifs is 2. The van der Waals surface area contributed by atoms with Crippen LogP contribution in [0.2, 0.25) is 0 Å². The van der Waals surface area contributed by atoms with Gasteiger partial charge in [-0.1, -0.05) is 18.2 Å². The molecule has 0 aromatic heterocycles. The van der Waals surface area contributed by atoms with E-state index in [0.717, 1.165) is 42.9 Å². The van der Waals surface area contributed by atoms with E-state index in [4.69, 9.17) is 0 Å². The van der Waals surface area contributed by atoms with E-state index in [1.165, 1.54) is 25.7 Å². The predicted molar refractivity (Wildman–Crippen MR) is 95.8 cm³/mol. The van der Waals surface area contributed by atoms with E-state index >= 15 is 0 Å². The van der Waals surface area contributed by atoms with E-state index in [2.05, 4.69) is 10.3 Å². The summed E-state index contributed by atoms with van der Waals surface area (Å²) in [5.41, 5.74) is 0. The third-order valence-corrected chi connectivity index (χ3v) is 8.04. The van der Waals surface area contributed by atoms with E-state index in [0.29, 0.717) is 12.0 Å². The zero-order valence-corrected chi connectivity index (χ0v) is 15.4. The zero-order chi connectivity index (χ0) is 16.9. The zero-order valence-electron chi connectivity index (χ0n) is 14.6. The summed E-state index contributed by atoms with van der Waals surface area (Å²) in [5.74, 6) is 2.11. The summed E-state index contributed by atoms with van der Waals surface area (Å²) >= 11 is 1.64. The lowest BCUT2D eigenvalue weighted by Gasteiger charge is -2.38. The van der Waals surface area contributed by atoms with E-state index in [1.807, 2.05) is 11.8 Å². The quantitative estimate of drug-likeness (QED) is 0.832. The van der Waals surface area contributed by atoms with Crippen LogP contribution in [0.1, 0.15) is 52.4 Å². The lowest BCUT2D eigenvalue weighted by Crippen LogP contribution is -2.46. The molecule has 2 aliphatic carbocycles. The number of carbonyl (C=O) groups is 2. The van der Waals surface area contributed by atoms with Crippen LogP contribution in [0.3, 0.4) is 0 Å². The van der Waals surface area contributed by atoms with Crippen LogP contribution < -0.4 is 5.32 Å². The Hall–Kier alpha value is -1.04. The van der Waals surface area contributed by atoms with Crippen molar-refractivity contribution in [2.75, 3.05) is 13.1 Å². The number of aliphatic imine (C=N–C) groups is 1. The topological polar surface area (TPSA) is 61.8 Å². The number of amides is 2. The average Bonchev–Trinajstić information content (AvgIpc) is 3.24. The highest BCUT2D eigenvalue weighted by atomic mass is 32.2. The molecule has 6 heteroatoms. The van der Waals surface area contributed by atoms with Gasteiger partial charge in [-0.2, -0.15) is 4.99 Å². The first-order valence-corrected chi connectivity index (χ1v) is 10.1. The van der Waals surface area contributed by atoms with Gasteiger partial charge in [-0.05, 0) is 56.8 Å². The molecule has 4 atom stereocenters. The third kappa shape index (κ3) is 2.76. The summed E-state index contributed by atoms with van der Waals surface area (Å²) in [5, 5.41) is 4.43. The maximum Gasteiger partial charge on any atom is 0.264 e. The van der Waals surface area contributed by atoms with Gasteiger partial charge >= 0.3 is 0 Å². The van der Waals surface area contributed by atoms with Gasteiger partial charge in [0.1, 0.15) is 4.75 Å². The molecular weight excluding hydrogens is 322 g/mol. The molecule has 2 saturated carbocycles. The van der Waals surface area contributed by atoms with Crippen LogP contribution in [0.15, 0.2) is 4.99 Å². The fourth-order valence-corrected chi connectivity index (χ4v) is 6.39. The fraction of sp³-hybridized carbons (Fsp3) is 0.833. The van der Waals surface area contributed by atoms with Gasteiger partial charge in [0.25, 0.3) is 5.91 Å². The Balaban J connectivity index is 1.37. The number of hydrogen-bond acceptors (Lipinski definition) is 4. The predicted octanol–water partition coefficient (Wildman–Crippen LogP) is 2.41.